The number of hydrogen-bond acceptors (Lipinski definition) is 0. The highest BCUT2D eigenvalue weighted by atomic mass is 13.8. The normalized spacial score (nSPS) is 7.78. The quantitative estimate of drug-likeness (QED) is 0.367. The van der Waals surface area contributed by atoms with E-state index in [1.54, 1.807) is 0 Å². The molecule has 9 heavy (non-hydrogen) atoms. The molecule has 0 aromatic carbocycles. The molecule has 0 atom stereocenters. The van der Waals surface area contributed by atoms with Crippen molar-refractivity contribution in [3.8, 4) is 24.2 Å². The van der Waals surface area contributed by atoms with Gasteiger partial charge in [0.1, 0.15) is 0 Å². The molecular formula is C9H12. The van der Waals surface area contributed by atoms with Crippen molar-refractivity contribution in [3.63, 3.8) is 0 Å². The lowest BCUT2D eigenvalue weighted by Gasteiger charge is -1.85. The molecule has 0 aromatic rings. The van der Waals surface area contributed by atoms with Crippen LogP contribution in [0.3, 0.4) is 0 Å². The number of rotatable bonds is 1. The molecule has 0 nitrogen and oxygen atoms in total. The first kappa shape index (κ1) is 8.12. The molecule has 0 heteroatoms. The van der Waals surface area contributed by atoms with Gasteiger partial charge in [0.25, 0.3) is 0 Å². The SMILES string of the molecule is C#CCCC#CC(C)C. The standard InChI is InChI=1S/C9H12/c1-4-5-6-7-8-9(2)3/h1,9H,5-6H2,2-3H3. The summed E-state index contributed by atoms with van der Waals surface area (Å²) in [6.45, 7) is 4.14. The lowest BCUT2D eigenvalue weighted by atomic mass is 10.2. The Hall–Kier alpha value is -0.880. The van der Waals surface area contributed by atoms with Gasteiger partial charge in [-0.1, -0.05) is 13.8 Å². The molecule has 0 aliphatic carbocycles. The first-order valence-electron chi connectivity index (χ1n) is 3.19. The van der Waals surface area contributed by atoms with E-state index in [1.165, 1.54) is 0 Å². The molecule has 0 unspecified atom stereocenters. The van der Waals surface area contributed by atoms with Crippen molar-refractivity contribution < 1.29 is 0 Å². The van der Waals surface area contributed by atoms with E-state index >= 15 is 0 Å². The molecule has 0 saturated heterocycles. The molecule has 0 aromatic heterocycles. The number of unbranched alkanes of at least 4 members (excludes halogenated alkanes) is 1. The fourth-order valence-corrected chi connectivity index (χ4v) is 0.411. The van der Waals surface area contributed by atoms with E-state index in [9.17, 15) is 0 Å². The Morgan fingerprint density at radius 1 is 1.33 bits per heavy atom. The Kier molecular flexibility index (Phi) is 4.75. The minimum Gasteiger partial charge on any atom is -0.120 e. The van der Waals surface area contributed by atoms with Crippen LogP contribution >= 0.6 is 0 Å². The van der Waals surface area contributed by atoms with Crippen molar-refractivity contribution in [3.05, 3.63) is 0 Å². The molecular weight excluding hydrogens is 108 g/mol. The maximum absolute atomic E-state index is 5.03. The van der Waals surface area contributed by atoms with E-state index < -0.39 is 0 Å². The van der Waals surface area contributed by atoms with Gasteiger partial charge in [-0.2, -0.15) is 0 Å². The molecule has 0 N–H and O–H groups in total. The third kappa shape index (κ3) is 7.12. The highest BCUT2D eigenvalue weighted by Gasteiger charge is 1.79. The van der Waals surface area contributed by atoms with E-state index in [2.05, 4.69) is 31.6 Å². The summed E-state index contributed by atoms with van der Waals surface area (Å²) < 4.78 is 0. The predicted molar refractivity (Wildman–Crippen MR) is 40.7 cm³/mol. The van der Waals surface area contributed by atoms with E-state index in [0.29, 0.717) is 5.92 Å². The smallest absolute Gasteiger partial charge is 0.0198 e. The largest absolute Gasteiger partial charge is 0.120 e. The lowest BCUT2D eigenvalue weighted by molar-refractivity contribution is 0.863. The Bertz CT molecular complexity index is 147. The van der Waals surface area contributed by atoms with Crippen molar-refractivity contribution in [2.75, 3.05) is 0 Å². The maximum atomic E-state index is 5.03. The number of terminal acetylenes is 1. The molecule has 0 heterocycles. The Labute approximate surface area is 57.7 Å². The van der Waals surface area contributed by atoms with Gasteiger partial charge in [-0.25, -0.2) is 0 Å². The minimum atomic E-state index is 0.475. The zero-order valence-electron chi connectivity index (χ0n) is 6.07. The van der Waals surface area contributed by atoms with E-state index in [4.69, 9.17) is 6.42 Å². The highest BCUT2D eigenvalue weighted by Crippen LogP contribution is 1.88. The summed E-state index contributed by atoms with van der Waals surface area (Å²) in [4.78, 5) is 0. The average Bonchev–Trinajstić information content (AvgIpc) is 1.80. The van der Waals surface area contributed by atoms with Gasteiger partial charge in [0.15, 0.2) is 0 Å². The minimum absolute atomic E-state index is 0.475. The maximum Gasteiger partial charge on any atom is 0.0198 e. The topological polar surface area (TPSA) is 0 Å². The van der Waals surface area contributed by atoms with Crippen molar-refractivity contribution in [2.24, 2.45) is 5.92 Å². The van der Waals surface area contributed by atoms with Gasteiger partial charge in [0.2, 0.25) is 0 Å². The Balaban J connectivity index is 3.29. The Morgan fingerprint density at radius 2 is 2.00 bits per heavy atom. The fraction of sp³-hybridized carbons (Fsp3) is 0.556. The molecule has 0 radical (unpaired) electrons. The van der Waals surface area contributed by atoms with Crippen molar-refractivity contribution in [1.82, 2.24) is 0 Å². The van der Waals surface area contributed by atoms with Crippen LogP contribution in [-0.2, 0) is 0 Å². The first-order chi connectivity index (χ1) is 4.27. The molecule has 0 bridgehead atoms. The first-order valence-corrected chi connectivity index (χ1v) is 3.19. The van der Waals surface area contributed by atoms with E-state index in [1.807, 2.05) is 0 Å². The van der Waals surface area contributed by atoms with Gasteiger partial charge < -0.3 is 0 Å². The summed E-state index contributed by atoms with van der Waals surface area (Å²) in [6, 6.07) is 0. The summed E-state index contributed by atoms with van der Waals surface area (Å²) in [5.74, 6) is 9.04. The third-order valence-electron chi connectivity index (χ3n) is 0.785. The Morgan fingerprint density at radius 3 is 2.44 bits per heavy atom. The predicted octanol–water partition coefficient (Wildman–Crippen LogP) is 2.06. The fourth-order valence-electron chi connectivity index (χ4n) is 0.411. The van der Waals surface area contributed by atoms with Crippen LogP contribution < -0.4 is 0 Å². The summed E-state index contributed by atoms with van der Waals surface area (Å²) in [7, 11) is 0. The average molecular weight is 120 g/mol. The molecule has 0 aliphatic rings. The van der Waals surface area contributed by atoms with E-state index in [0.717, 1.165) is 12.8 Å². The van der Waals surface area contributed by atoms with Crippen LogP contribution in [0.25, 0.3) is 0 Å². The van der Waals surface area contributed by atoms with Gasteiger partial charge in [0, 0.05) is 18.8 Å². The summed E-state index contributed by atoms with van der Waals surface area (Å²) >= 11 is 0. The second-order valence-electron chi connectivity index (χ2n) is 2.18. The highest BCUT2D eigenvalue weighted by molar-refractivity contribution is 5.03. The van der Waals surface area contributed by atoms with Gasteiger partial charge in [-0.05, 0) is 0 Å². The molecule has 0 spiro atoms. The van der Waals surface area contributed by atoms with Crippen LogP contribution in [0.1, 0.15) is 26.7 Å². The van der Waals surface area contributed by atoms with Gasteiger partial charge >= 0.3 is 0 Å². The van der Waals surface area contributed by atoms with Gasteiger partial charge in [0.05, 0.1) is 0 Å². The van der Waals surface area contributed by atoms with Crippen LogP contribution in [0.4, 0.5) is 0 Å². The molecule has 0 aliphatic heterocycles. The second-order valence-corrected chi connectivity index (χ2v) is 2.18. The van der Waals surface area contributed by atoms with Crippen molar-refractivity contribution in [2.45, 2.75) is 26.7 Å². The monoisotopic (exact) mass is 120 g/mol. The molecule has 48 valence electrons. The molecule has 0 saturated carbocycles. The molecule has 0 rings (SSSR count). The van der Waals surface area contributed by atoms with Crippen molar-refractivity contribution >= 4 is 0 Å². The van der Waals surface area contributed by atoms with Crippen LogP contribution in [0.15, 0.2) is 0 Å². The van der Waals surface area contributed by atoms with Gasteiger partial charge in [-0.15, -0.1) is 24.2 Å². The van der Waals surface area contributed by atoms with Crippen LogP contribution in [0.5, 0.6) is 0 Å². The van der Waals surface area contributed by atoms with Crippen molar-refractivity contribution in [1.29, 1.82) is 0 Å². The molecule has 0 fully saturated rings. The van der Waals surface area contributed by atoms with Crippen LogP contribution in [0, 0.1) is 30.1 Å². The zero-order chi connectivity index (χ0) is 7.11. The second kappa shape index (κ2) is 5.26. The summed E-state index contributed by atoms with van der Waals surface area (Å²) in [6.07, 6.45) is 6.65. The lowest BCUT2D eigenvalue weighted by Crippen LogP contribution is -1.77. The van der Waals surface area contributed by atoms with Crippen LogP contribution in [-0.4, -0.2) is 0 Å². The summed E-state index contributed by atoms with van der Waals surface area (Å²) in [5, 5.41) is 0. The van der Waals surface area contributed by atoms with E-state index in [-0.39, 0.29) is 0 Å². The summed E-state index contributed by atoms with van der Waals surface area (Å²) in [5.41, 5.74) is 0. The van der Waals surface area contributed by atoms with Crippen LogP contribution in [0.2, 0.25) is 0 Å². The zero-order valence-corrected chi connectivity index (χ0v) is 6.07. The molecule has 0 amide bonds. The van der Waals surface area contributed by atoms with Gasteiger partial charge in [-0.3, -0.25) is 0 Å². The number of hydrogen-bond donors (Lipinski definition) is 0. The third-order valence-corrected chi connectivity index (χ3v) is 0.785.